The van der Waals surface area contributed by atoms with E-state index in [0.717, 1.165) is 0 Å². The normalized spacial score (nSPS) is 13.8. The lowest BCUT2D eigenvalue weighted by molar-refractivity contribution is 0.0920. The van der Waals surface area contributed by atoms with Crippen LogP contribution in [0.2, 0.25) is 15.1 Å². The van der Waals surface area contributed by atoms with Crippen LogP contribution in [0.3, 0.4) is 0 Å². The molecule has 3 aromatic rings. The molecule has 31 heavy (non-hydrogen) atoms. The van der Waals surface area contributed by atoms with Gasteiger partial charge in [-0.3, -0.25) is 9.59 Å². The van der Waals surface area contributed by atoms with Crippen molar-refractivity contribution in [3.8, 4) is 11.5 Å². The summed E-state index contributed by atoms with van der Waals surface area (Å²) in [6.45, 7) is 1.60. The van der Waals surface area contributed by atoms with Gasteiger partial charge in [0.25, 0.3) is 0 Å². The highest BCUT2D eigenvalue weighted by Gasteiger charge is 2.30. The second-order valence-corrected chi connectivity index (χ2v) is 8.11. The standard InChI is InChI=1S/C24H15Cl3O4/c1-13-21(30-12-20(28)14-5-7-15(25)8-6-14)10-9-16-23(29)22(31-24(13)16)11-17-18(26)3-2-4-19(17)27/h2-11H,12H2,1H3/b22-11-. The molecule has 0 saturated carbocycles. The van der Waals surface area contributed by atoms with Crippen LogP contribution < -0.4 is 9.47 Å². The second kappa shape index (κ2) is 8.75. The molecule has 0 bridgehead atoms. The lowest BCUT2D eigenvalue weighted by Gasteiger charge is -2.11. The molecule has 1 aliphatic rings. The minimum absolute atomic E-state index is 0.113. The summed E-state index contributed by atoms with van der Waals surface area (Å²) in [6, 6.07) is 14.9. The molecular formula is C24H15Cl3O4. The van der Waals surface area contributed by atoms with E-state index in [0.29, 0.717) is 48.8 Å². The Morgan fingerprint density at radius 1 is 1.00 bits per heavy atom. The Kier molecular flexibility index (Phi) is 6.05. The highest BCUT2D eigenvalue weighted by Crippen LogP contribution is 2.40. The van der Waals surface area contributed by atoms with Crippen molar-refractivity contribution in [2.45, 2.75) is 6.92 Å². The monoisotopic (exact) mass is 472 g/mol. The van der Waals surface area contributed by atoms with Crippen molar-refractivity contribution in [2.75, 3.05) is 6.61 Å². The number of allylic oxidation sites excluding steroid dienone is 1. The first kappa shape index (κ1) is 21.4. The number of benzene rings is 3. The summed E-state index contributed by atoms with van der Waals surface area (Å²) in [7, 11) is 0. The highest BCUT2D eigenvalue weighted by atomic mass is 35.5. The molecule has 3 aromatic carbocycles. The highest BCUT2D eigenvalue weighted by molar-refractivity contribution is 6.37. The van der Waals surface area contributed by atoms with Crippen molar-refractivity contribution in [3.63, 3.8) is 0 Å². The molecule has 0 N–H and O–H groups in total. The smallest absolute Gasteiger partial charge is 0.231 e. The van der Waals surface area contributed by atoms with Crippen LogP contribution in [-0.4, -0.2) is 18.2 Å². The van der Waals surface area contributed by atoms with Crippen LogP contribution in [0.4, 0.5) is 0 Å². The number of fused-ring (bicyclic) bond motifs is 1. The quantitative estimate of drug-likeness (QED) is 0.301. The van der Waals surface area contributed by atoms with Gasteiger partial charge in [-0.2, -0.15) is 0 Å². The molecule has 4 rings (SSSR count). The molecule has 0 fully saturated rings. The molecule has 1 aliphatic heterocycles. The van der Waals surface area contributed by atoms with Gasteiger partial charge in [0.2, 0.25) is 5.78 Å². The predicted octanol–water partition coefficient (Wildman–Crippen LogP) is 6.83. The average Bonchev–Trinajstić information content (AvgIpc) is 3.07. The fourth-order valence-electron chi connectivity index (χ4n) is 3.17. The molecule has 0 aromatic heterocycles. The first-order valence-corrected chi connectivity index (χ1v) is 10.4. The lowest BCUT2D eigenvalue weighted by Crippen LogP contribution is -2.12. The number of hydrogen-bond acceptors (Lipinski definition) is 4. The third-order valence-corrected chi connectivity index (χ3v) is 5.75. The zero-order valence-corrected chi connectivity index (χ0v) is 18.5. The fraction of sp³-hybridized carbons (Fsp3) is 0.0833. The fourth-order valence-corrected chi connectivity index (χ4v) is 3.80. The van der Waals surface area contributed by atoms with Crippen LogP contribution >= 0.6 is 34.8 Å². The Labute approximate surface area is 193 Å². The van der Waals surface area contributed by atoms with Crippen molar-refractivity contribution < 1.29 is 19.1 Å². The maximum Gasteiger partial charge on any atom is 0.231 e. The second-order valence-electron chi connectivity index (χ2n) is 6.86. The van der Waals surface area contributed by atoms with Gasteiger partial charge in [0.1, 0.15) is 11.5 Å². The number of rotatable bonds is 5. The number of Topliss-reactive ketones (excluding diaryl/α,β-unsaturated/α-hetero) is 2. The van der Waals surface area contributed by atoms with Gasteiger partial charge in [-0.25, -0.2) is 0 Å². The molecule has 0 unspecified atom stereocenters. The average molecular weight is 474 g/mol. The van der Waals surface area contributed by atoms with E-state index >= 15 is 0 Å². The summed E-state index contributed by atoms with van der Waals surface area (Å²) in [5.41, 5.74) is 2.02. The van der Waals surface area contributed by atoms with Crippen molar-refractivity contribution in [1.29, 1.82) is 0 Å². The summed E-state index contributed by atoms with van der Waals surface area (Å²) in [5, 5.41) is 1.37. The van der Waals surface area contributed by atoms with E-state index in [4.69, 9.17) is 44.3 Å². The minimum Gasteiger partial charge on any atom is -0.485 e. The van der Waals surface area contributed by atoms with Crippen LogP contribution in [0.5, 0.6) is 11.5 Å². The van der Waals surface area contributed by atoms with Crippen molar-refractivity contribution in [1.82, 2.24) is 0 Å². The molecule has 7 heteroatoms. The zero-order valence-electron chi connectivity index (χ0n) is 16.2. The number of hydrogen-bond donors (Lipinski definition) is 0. The third-order valence-electron chi connectivity index (χ3n) is 4.84. The molecule has 4 nitrogen and oxygen atoms in total. The van der Waals surface area contributed by atoms with Crippen molar-refractivity contribution in [2.24, 2.45) is 0 Å². The molecule has 156 valence electrons. The maximum atomic E-state index is 12.8. The first-order valence-electron chi connectivity index (χ1n) is 9.28. The van der Waals surface area contributed by atoms with E-state index in [1.54, 1.807) is 61.5 Å². The van der Waals surface area contributed by atoms with Gasteiger partial charge in [-0.05, 0) is 61.5 Å². The minimum atomic E-state index is -0.280. The molecule has 0 amide bonds. The van der Waals surface area contributed by atoms with E-state index in [-0.39, 0.29) is 23.9 Å². The summed E-state index contributed by atoms with van der Waals surface area (Å²) >= 11 is 18.2. The molecule has 0 aliphatic carbocycles. The van der Waals surface area contributed by atoms with Crippen LogP contribution in [0, 0.1) is 6.92 Å². The molecule has 0 saturated heterocycles. The number of carbonyl (C=O) groups excluding carboxylic acids is 2. The topological polar surface area (TPSA) is 52.6 Å². The number of halogens is 3. The van der Waals surface area contributed by atoms with E-state index in [2.05, 4.69) is 0 Å². The number of ether oxygens (including phenoxy) is 2. The van der Waals surface area contributed by atoms with E-state index in [1.165, 1.54) is 6.08 Å². The largest absolute Gasteiger partial charge is 0.485 e. The van der Waals surface area contributed by atoms with Gasteiger partial charge in [-0.1, -0.05) is 40.9 Å². The summed E-state index contributed by atoms with van der Waals surface area (Å²) < 4.78 is 11.5. The van der Waals surface area contributed by atoms with Gasteiger partial charge < -0.3 is 9.47 Å². The van der Waals surface area contributed by atoms with Gasteiger partial charge >= 0.3 is 0 Å². The molecule has 0 radical (unpaired) electrons. The van der Waals surface area contributed by atoms with E-state index < -0.39 is 0 Å². The van der Waals surface area contributed by atoms with Crippen molar-refractivity contribution >= 4 is 52.4 Å². The van der Waals surface area contributed by atoms with Gasteiger partial charge in [0.05, 0.1) is 5.56 Å². The van der Waals surface area contributed by atoms with Crippen LogP contribution in [0.1, 0.15) is 31.8 Å². The van der Waals surface area contributed by atoms with Crippen molar-refractivity contribution in [3.05, 3.63) is 97.7 Å². The SMILES string of the molecule is Cc1c(OCC(=O)c2ccc(Cl)cc2)ccc2c1O/C(=C\c1c(Cl)cccc1Cl)C2=O. The van der Waals surface area contributed by atoms with Crippen LogP contribution in [0.15, 0.2) is 60.4 Å². The molecule has 1 heterocycles. The Morgan fingerprint density at radius 3 is 2.35 bits per heavy atom. The summed E-state index contributed by atoms with van der Waals surface area (Å²) in [5.74, 6) is 0.477. The third kappa shape index (κ3) is 4.33. The van der Waals surface area contributed by atoms with Gasteiger partial charge in [0.15, 0.2) is 18.1 Å². The zero-order chi connectivity index (χ0) is 22.1. The summed E-state index contributed by atoms with van der Waals surface area (Å²) in [4.78, 5) is 25.1. The van der Waals surface area contributed by atoms with Crippen LogP contribution in [0.25, 0.3) is 6.08 Å². The maximum absolute atomic E-state index is 12.8. The number of carbonyl (C=O) groups is 2. The Balaban J connectivity index is 1.56. The van der Waals surface area contributed by atoms with E-state index in [1.807, 2.05) is 0 Å². The Bertz CT molecular complexity index is 1210. The molecule has 0 spiro atoms. The number of ketones is 2. The van der Waals surface area contributed by atoms with Gasteiger partial charge in [-0.15, -0.1) is 0 Å². The molecule has 0 atom stereocenters. The Hall–Kier alpha value is -2.79. The predicted molar refractivity (Wildman–Crippen MR) is 122 cm³/mol. The summed E-state index contributed by atoms with van der Waals surface area (Å²) in [6.07, 6.45) is 1.52. The Morgan fingerprint density at radius 2 is 1.68 bits per heavy atom. The van der Waals surface area contributed by atoms with E-state index in [9.17, 15) is 9.59 Å². The van der Waals surface area contributed by atoms with Gasteiger partial charge in [0, 0.05) is 31.8 Å². The lowest BCUT2D eigenvalue weighted by atomic mass is 10.1. The first-order chi connectivity index (χ1) is 14.8. The van der Waals surface area contributed by atoms with Crippen LogP contribution in [-0.2, 0) is 0 Å². The molecular weight excluding hydrogens is 459 g/mol.